The average molecular weight is 251 g/mol. The number of carbonyl (C=O) groups excluding carboxylic acids is 1. The molecule has 98 valence electrons. The van der Waals surface area contributed by atoms with Gasteiger partial charge in [-0.2, -0.15) is 0 Å². The van der Waals surface area contributed by atoms with Crippen molar-refractivity contribution in [2.24, 2.45) is 5.92 Å². The first-order valence-electron chi connectivity index (χ1n) is 5.67. The van der Waals surface area contributed by atoms with Crippen molar-refractivity contribution in [3.63, 3.8) is 0 Å². The monoisotopic (exact) mass is 251 g/mol. The van der Waals surface area contributed by atoms with Gasteiger partial charge in [0.1, 0.15) is 6.04 Å². The summed E-state index contributed by atoms with van der Waals surface area (Å²) >= 11 is 0. The third kappa shape index (κ3) is 3.48. The highest BCUT2D eigenvalue weighted by Crippen LogP contribution is 2.20. The Labute approximate surface area is 106 Å². The van der Waals surface area contributed by atoms with Gasteiger partial charge in [0.05, 0.1) is 0 Å². The van der Waals surface area contributed by atoms with E-state index in [0.717, 1.165) is 0 Å². The van der Waals surface area contributed by atoms with E-state index >= 15 is 0 Å². The summed E-state index contributed by atoms with van der Waals surface area (Å²) in [6.07, 6.45) is 0. The molecule has 0 saturated heterocycles. The van der Waals surface area contributed by atoms with Crippen LogP contribution in [0.25, 0.3) is 0 Å². The summed E-state index contributed by atoms with van der Waals surface area (Å²) in [6, 6.07) is 8.28. The van der Waals surface area contributed by atoms with Gasteiger partial charge in [-0.3, -0.25) is 4.79 Å². The summed E-state index contributed by atoms with van der Waals surface area (Å²) in [4.78, 5) is 23.2. The lowest BCUT2D eigenvalue weighted by atomic mass is 10.0. The van der Waals surface area contributed by atoms with Gasteiger partial charge in [0.25, 0.3) is 6.47 Å². The zero-order chi connectivity index (χ0) is 13.5. The van der Waals surface area contributed by atoms with E-state index in [1.54, 1.807) is 17.0 Å². The number of benzene rings is 1. The Morgan fingerprint density at radius 1 is 1.39 bits per heavy atom. The standard InChI is InChI=1S/C13H17NO4/c1-10(2)12(13(16)17)14(8-18-9-15)11-6-4-3-5-7-11/h3-7,9-10,12H,8H2,1-2H3,(H,16,17)/t12-/m0/s1. The SMILES string of the molecule is CC(C)[C@@H](C(=O)O)N(COC=O)c1ccccc1. The van der Waals surface area contributed by atoms with Crippen molar-refractivity contribution < 1.29 is 19.4 Å². The second-order valence-corrected chi connectivity index (χ2v) is 4.22. The Hall–Kier alpha value is -2.04. The van der Waals surface area contributed by atoms with Gasteiger partial charge in [-0.25, -0.2) is 4.79 Å². The molecule has 18 heavy (non-hydrogen) atoms. The van der Waals surface area contributed by atoms with E-state index in [9.17, 15) is 14.7 Å². The highest BCUT2D eigenvalue weighted by atomic mass is 16.5. The van der Waals surface area contributed by atoms with Crippen LogP contribution in [0.4, 0.5) is 5.69 Å². The Kier molecular flexibility index (Phi) is 5.17. The van der Waals surface area contributed by atoms with Crippen LogP contribution >= 0.6 is 0 Å². The zero-order valence-electron chi connectivity index (χ0n) is 10.4. The number of hydrogen-bond acceptors (Lipinski definition) is 4. The molecule has 0 saturated carbocycles. The van der Waals surface area contributed by atoms with Crippen LogP contribution in [0.1, 0.15) is 13.8 Å². The number of hydrogen-bond donors (Lipinski definition) is 1. The Morgan fingerprint density at radius 2 is 2.00 bits per heavy atom. The predicted octanol–water partition coefficient (Wildman–Crippen LogP) is 1.73. The molecule has 1 aromatic rings. The van der Waals surface area contributed by atoms with Crippen molar-refractivity contribution in [3.8, 4) is 0 Å². The van der Waals surface area contributed by atoms with Crippen LogP contribution in [-0.4, -0.2) is 30.3 Å². The normalized spacial score (nSPS) is 11.9. The van der Waals surface area contributed by atoms with Crippen molar-refractivity contribution in [1.82, 2.24) is 0 Å². The lowest BCUT2D eigenvalue weighted by Crippen LogP contribution is -2.46. The van der Waals surface area contributed by atoms with Crippen LogP contribution in [0.3, 0.4) is 0 Å². The van der Waals surface area contributed by atoms with Gasteiger partial charge < -0.3 is 14.7 Å². The smallest absolute Gasteiger partial charge is 0.326 e. The maximum Gasteiger partial charge on any atom is 0.326 e. The fourth-order valence-electron chi connectivity index (χ4n) is 1.82. The van der Waals surface area contributed by atoms with Gasteiger partial charge in [-0.1, -0.05) is 32.0 Å². The van der Waals surface area contributed by atoms with E-state index in [1.165, 1.54) is 0 Å². The Morgan fingerprint density at radius 3 is 2.44 bits per heavy atom. The molecule has 0 aliphatic heterocycles. The van der Waals surface area contributed by atoms with Gasteiger partial charge in [-0.15, -0.1) is 0 Å². The van der Waals surface area contributed by atoms with E-state index < -0.39 is 12.0 Å². The van der Waals surface area contributed by atoms with Crippen molar-refractivity contribution >= 4 is 18.1 Å². The Balaban J connectivity index is 3.03. The summed E-state index contributed by atoms with van der Waals surface area (Å²) in [5, 5.41) is 9.29. The summed E-state index contributed by atoms with van der Waals surface area (Å²) < 4.78 is 4.71. The number of carboxylic acid groups (broad SMARTS) is 1. The van der Waals surface area contributed by atoms with Gasteiger partial charge >= 0.3 is 5.97 Å². The minimum Gasteiger partial charge on any atom is -0.480 e. The number of rotatable bonds is 7. The number of aliphatic carboxylic acids is 1. The van der Waals surface area contributed by atoms with Crippen LogP contribution in [0, 0.1) is 5.92 Å². The third-order valence-corrected chi connectivity index (χ3v) is 2.59. The van der Waals surface area contributed by atoms with Crippen molar-refractivity contribution in [2.75, 3.05) is 11.6 Å². The fraction of sp³-hybridized carbons (Fsp3) is 0.385. The molecule has 1 rings (SSSR count). The summed E-state index contributed by atoms with van der Waals surface area (Å²) in [7, 11) is 0. The van der Waals surface area contributed by atoms with Crippen molar-refractivity contribution in [3.05, 3.63) is 30.3 Å². The Bertz CT molecular complexity index is 391. The molecule has 1 aromatic carbocycles. The quantitative estimate of drug-likeness (QED) is 0.590. The van der Waals surface area contributed by atoms with Crippen LogP contribution in [0.5, 0.6) is 0 Å². The number of carbonyl (C=O) groups is 2. The molecule has 1 N–H and O–H groups in total. The molecule has 5 nitrogen and oxygen atoms in total. The summed E-state index contributed by atoms with van der Waals surface area (Å²) in [5.41, 5.74) is 0.709. The molecule has 5 heteroatoms. The molecule has 0 heterocycles. The molecular formula is C13H17NO4. The highest BCUT2D eigenvalue weighted by Gasteiger charge is 2.29. The van der Waals surface area contributed by atoms with Crippen LogP contribution in [0.2, 0.25) is 0 Å². The zero-order valence-corrected chi connectivity index (χ0v) is 10.4. The number of carboxylic acids is 1. The first-order chi connectivity index (χ1) is 8.57. The van der Waals surface area contributed by atoms with E-state index in [0.29, 0.717) is 12.2 Å². The number of para-hydroxylation sites is 1. The van der Waals surface area contributed by atoms with Crippen LogP contribution < -0.4 is 4.90 Å². The lowest BCUT2D eigenvalue weighted by molar-refractivity contribution is -0.141. The minimum atomic E-state index is -0.941. The maximum absolute atomic E-state index is 11.3. The number of nitrogens with zero attached hydrogens (tertiary/aromatic N) is 1. The molecule has 0 bridgehead atoms. The number of anilines is 1. The van der Waals surface area contributed by atoms with Gasteiger partial charge in [-0.05, 0) is 18.1 Å². The second-order valence-electron chi connectivity index (χ2n) is 4.22. The van der Waals surface area contributed by atoms with Crippen molar-refractivity contribution in [2.45, 2.75) is 19.9 Å². The molecule has 0 unspecified atom stereocenters. The summed E-state index contributed by atoms with van der Waals surface area (Å²) in [5.74, 6) is -1.05. The predicted molar refractivity (Wildman–Crippen MR) is 67.2 cm³/mol. The average Bonchev–Trinajstić information content (AvgIpc) is 2.34. The molecule has 0 amide bonds. The van der Waals surface area contributed by atoms with E-state index in [4.69, 9.17) is 4.74 Å². The lowest BCUT2D eigenvalue weighted by Gasteiger charge is -2.32. The molecule has 1 atom stereocenters. The van der Waals surface area contributed by atoms with Crippen LogP contribution in [0.15, 0.2) is 30.3 Å². The largest absolute Gasteiger partial charge is 0.480 e. The van der Waals surface area contributed by atoms with E-state index in [-0.39, 0.29) is 12.6 Å². The highest BCUT2D eigenvalue weighted by molar-refractivity contribution is 5.78. The molecule has 0 fully saturated rings. The van der Waals surface area contributed by atoms with Gasteiger partial charge in [0.2, 0.25) is 0 Å². The van der Waals surface area contributed by atoms with Crippen LogP contribution in [-0.2, 0) is 14.3 Å². The first-order valence-corrected chi connectivity index (χ1v) is 5.67. The number of ether oxygens (including phenoxy) is 1. The first kappa shape index (κ1) is 14.0. The maximum atomic E-state index is 11.3. The molecule has 0 radical (unpaired) electrons. The summed E-state index contributed by atoms with van der Waals surface area (Å²) in [6.45, 7) is 3.86. The van der Waals surface area contributed by atoms with Crippen molar-refractivity contribution in [1.29, 1.82) is 0 Å². The van der Waals surface area contributed by atoms with Gasteiger partial charge in [0, 0.05) is 5.69 Å². The topological polar surface area (TPSA) is 66.8 Å². The second kappa shape index (κ2) is 6.64. The molecule has 0 aliphatic carbocycles. The fourth-order valence-corrected chi connectivity index (χ4v) is 1.82. The molecule has 0 aromatic heterocycles. The van der Waals surface area contributed by atoms with E-state index in [1.807, 2.05) is 32.0 Å². The van der Waals surface area contributed by atoms with Gasteiger partial charge in [0.15, 0.2) is 6.73 Å². The molecule has 0 spiro atoms. The van der Waals surface area contributed by atoms with E-state index in [2.05, 4.69) is 0 Å². The third-order valence-electron chi connectivity index (χ3n) is 2.59. The minimum absolute atomic E-state index is 0.0807. The molecule has 0 aliphatic rings. The molecular weight excluding hydrogens is 234 g/mol.